The molecule has 0 radical (unpaired) electrons. The molecule has 0 aliphatic rings. The molecule has 0 bridgehead atoms. The molecule has 0 unspecified atom stereocenters. The number of carbonyl (C=O) groups is 1. The number of rotatable bonds is 8. The third kappa shape index (κ3) is 4.67. The minimum absolute atomic E-state index is 0.0797. The van der Waals surface area contributed by atoms with Crippen molar-refractivity contribution in [2.24, 2.45) is 0 Å². The van der Waals surface area contributed by atoms with Gasteiger partial charge in [0.1, 0.15) is 6.04 Å². The zero-order valence-corrected chi connectivity index (χ0v) is 18.1. The number of carboxylic acid groups (broad SMARTS) is 1. The zero-order valence-electron chi connectivity index (χ0n) is 17.2. The summed E-state index contributed by atoms with van der Waals surface area (Å²) in [7, 11) is -1.05. The van der Waals surface area contributed by atoms with E-state index in [4.69, 9.17) is 19.0 Å². The minimum Gasteiger partial charge on any atom is -0.493 e. The van der Waals surface area contributed by atoms with E-state index in [1.54, 1.807) is 37.3 Å². The van der Waals surface area contributed by atoms with E-state index < -0.39 is 22.0 Å². The van der Waals surface area contributed by atoms with Gasteiger partial charge in [0, 0.05) is 11.1 Å². The van der Waals surface area contributed by atoms with E-state index in [0.717, 1.165) is 0 Å². The summed E-state index contributed by atoms with van der Waals surface area (Å²) in [5.74, 6) is 0.0597. The average molecular weight is 447 g/mol. The van der Waals surface area contributed by atoms with Crippen molar-refractivity contribution in [3.05, 3.63) is 42.0 Å². The lowest BCUT2D eigenvalue weighted by Gasteiger charge is -2.12. The van der Waals surface area contributed by atoms with E-state index in [2.05, 4.69) is 14.9 Å². The normalized spacial score (nSPS) is 12.4. The summed E-state index contributed by atoms with van der Waals surface area (Å²) in [6.45, 7) is 2.85. The highest BCUT2D eigenvalue weighted by Crippen LogP contribution is 2.33. The number of aromatic nitrogens is 2. The van der Waals surface area contributed by atoms with Gasteiger partial charge in [-0.05, 0) is 49.7 Å². The zero-order chi connectivity index (χ0) is 22.8. The third-order valence-corrected chi connectivity index (χ3v) is 6.17. The van der Waals surface area contributed by atoms with Crippen LogP contribution in [-0.4, -0.2) is 50.0 Å². The number of methoxy groups -OCH3 is 2. The van der Waals surface area contributed by atoms with Crippen LogP contribution in [0.2, 0.25) is 0 Å². The Morgan fingerprint density at radius 1 is 1.03 bits per heavy atom. The fraction of sp³-hybridized carbons (Fsp3) is 0.250. The number of hydrogen-bond donors (Lipinski definition) is 2. The molecular weight excluding hydrogens is 426 g/mol. The van der Waals surface area contributed by atoms with Gasteiger partial charge in [-0.2, -0.15) is 4.72 Å². The molecule has 0 amide bonds. The lowest BCUT2D eigenvalue weighted by atomic mass is 10.1. The SMILES string of the molecule is COc1ccc(-c2nnc(-c3ccc(C)c(S(=O)(=O)N[C@@H](C)C(=O)O)c3)o2)cc1OC. The second kappa shape index (κ2) is 8.74. The largest absolute Gasteiger partial charge is 0.493 e. The molecule has 0 saturated heterocycles. The van der Waals surface area contributed by atoms with Crippen molar-refractivity contribution in [2.45, 2.75) is 24.8 Å². The highest BCUT2D eigenvalue weighted by atomic mass is 32.2. The lowest BCUT2D eigenvalue weighted by Crippen LogP contribution is -2.38. The van der Waals surface area contributed by atoms with Gasteiger partial charge in [0.05, 0.1) is 19.1 Å². The number of aliphatic carboxylic acids is 1. The van der Waals surface area contributed by atoms with Crippen LogP contribution in [0.5, 0.6) is 11.5 Å². The molecule has 1 atom stereocenters. The van der Waals surface area contributed by atoms with E-state index in [1.807, 2.05) is 0 Å². The van der Waals surface area contributed by atoms with Crippen LogP contribution in [0.4, 0.5) is 0 Å². The maximum absolute atomic E-state index is 12.6. The van der Waals surface area contributed by atoms with Gasteiger partial charge >= 0.3 is 5.97 Å². The van der Waals surface area contributed by atoms with Crippen LogP contribution in [0.25, 0.3) is 22.9 Å². The number of carboxylic acids is 1. The third-order valence-electron chi connectivity index (χ3n) is 4.48. The highest BCUT2D eigenvalue weighted by molar-refractivity contribution is 7.89. The molecule has 31 heavy (non-hydrogen) atoms. The van der Waals surface area contributed by atoms with Gasteiger partial charge in [0.15, 0.2) is 11.5 Å². The smallest absolute Gasteiger partial charge is 0.321 e. The number of sulfonamides is 1. The maximum Gasteiger partial charge on any atom is 0.321 e. The summed E-state index contributed by atoms with van der Waals surface area (Å²) in [6.07, 6.45) is 0. The van der Waals surface area contributed by atoms with E-state index >= 15 is 0 Å². The molecule has 164 valence electrons. The van der Waals surface area contributed by atoms with E-state index in [1.165, 1.54) is 27.2 Å². The first-order valence-corrected chi connectivity index (χ1v) is 10.6. The summed E-state index contributed by atoms with van der Waals surface area (Å²) in [4.78, 5) is 10.9. The molecule has 10 nitrogen and oxygen atoms in total. The number of nitrogens with one attached hydrogen (secondary N) is 1. The predicted molar refractivity (Wildman–Crippen MR) is 110 cm³/mol. The van der Waals surface area contributed by atoms with Crippen molar-refractivity contribution < 1.29 is 32.2 Å². The standard InChI is InChI=1S/C20H21N3O7S/c1-11-5-6-14(10-17(11)31(26,27)23-12(2)20(24)25)19-22-21-18(30-19)13-7-8-15(28-3)16(9-13)29-4/h5-10,12,23H,1-4H3,(H,24,25)/t12-/m0/s1. The average Bonchev–Trinajstić information content (AvgIpc) is 3.23. The molecule has 1 heterocycles. The van der Waals surface area contributed by atoms with Crippen LogP contribution in [0.3, 0.4) is 0 Å². The molecule has 3 rings (SSSR count). The molecule has 0 aliphatic heterocycles. The molecule has 0 aliphatic carbocycles. The van der Waals surface area contributed by atoms with Crippen molar-refractivity contribution in [3.63, 3.8) is 0 Å². The monoisotopic (exact) mass is 447 g/mol. The predicted octanol–water partition coefficient (Wildman–Crippen LogP) is 2.48. The van der Waals surface area contributed by atoms with Gasteiger partial charge in [0.2, 0.25) is 21.8 Å². The Hall–Kier alpha value is -3.44. The molecule has 11 heteroatoms. The molecule has 3 aromatic rings. The summed E-state index contributed by atoms with van der Waals surface area (Å²) in [5, 5.41) is 17.0. The number of benzene rings is 2. The fourth-order valence-corrected chi connectivity index (χ4v) is 4.26. The quantitative estimate of drug-likeness (QED) is 0.533. The Kier molecular flexibility index (Phi) is 6.27. The number of ether oxygens (including phenoxy) is 2. The first-order valence-electron chi connectivity index (χ1n) is 9.08. The molecule has 2 N–H and O–H groups in total. The molecule has 2 aromatic carbocycles. The van der Waals surface area contributed by atoms with Crippen LogP contribution in [0.15, 0.2) is 45.7 Å². The van der Waals surface area contributed by atoms with E-state index in [-0.39, 0.29) is 16.7 Å². The second-order valence-electron chi connectivity index (χ2n) is 6.64. The number of hydrogen-bond acceptors (Lipinski definition) is 8. The summed E-state index contributed by atoms with van der Waals surface area (Å²) in [5.41, 5.74) is 1.40. The topological polar surface area (TPSA) is 141 Å². The fourth-order valence-electron chi connectivity index (χ4n) is 2.80. The molecule has 0 saturated carbocycles. The molecular formula is C20H21N3O7S. The first kappa shape index (κ1) is 22.2. The molecule has 0 spiro atoms. The van der Waals surface area contributed by atoms with Crippen molar-refractivity contribution >= 4 is 16.0 Å². The van der Waals surface area contributed by atoms with Crippen molar-refractivity contribution in [3.8, 4) is 34.4 Å². The van der Waals surface area contributed by atoms with E-state index in [0.29, 0.717) is 28.2 Å². The van der Waals surface area contributed by atoms with Gasteiger partial charge in [-0.25, -0.2) is 8.42 Å². The summed E-state index contributed by atoms with van der Waals surface area (Å²) >= 11 is 0. The lowest BCUT2D eigenvalue weighted by molar-refractivity contribution is -0.138. The minimum atomic E-state index is -4.08. The van der Waals surface area contributed by atoms with Gasteiger partial charge in [-0.1, -0.05) is 6.07 Å². The van der Waals surface area contributed by atoms with Gasteiger partial charge in [0.25, 0.3) is 0 Å². The van der Waals surface area contributed by atoms with Crippen molar-refractivity contribution in [1.29, 1.82) is 0 Å². The Balaban J connectivity index is 1.96. The highest BCUT2D eigenvalue weighted by Gasteiger charge is 2.24. The van der Waals surface area contributed by atoms with E-state index in [9.17, 15) is 13.2 Å². The van der Waals surface area contributed by atoms with Crippen molar-refractivity contribution in [2.75, 3.05) is 14.2 Å². The first-order chi connectivity index (χ1) is 14.7. The van der Waals surface area contributed by atoms with Crippen LogP contribution in [-0.2, 0) is 14.8 Å². The Morgan fingerprint density at radius 2 is 1.61 bits per heavy atom. The van der Waals surface area contributed by atoms with Crippen LogP contribution in [0, 0.1) is 6.92 Å². The van der Waals surface area contributed by atoms with Gasteiger partial charge < -0.3 is 19.0 Å². The van der Waals surface area contributed by atoms with Gasteiger partial charge in [-0.15, -0.1) is 10.2 Å². The van der Waals surface area contributed by atoms with Crippen LogP contribution >= 0.6 is 0 Å². The maximum atomic E-state index is 12.6. The van der Waals surface area contributed by atoms with Crippen molar-refractivity contribution in [1.82, 2.24) is 14.9 Å². The second-order valence-corrected chi connectivity index (χ2v) is 8.33. The number of aryl methyl sites for hydroxylation is 1. The summed E-state index contributed by atoms with van der Waals surface area (Å²) in [6, 6.07) is 8.39. The molecule has 0 fully saturated rings. The Morgan fingerprint density at radius 3 is 2.19 bits per heavy atom. The summed E-state index contributed by atoms with van der Waals surface area (Å²) < 4.78 is 43.6. The van der Waals surface area contributed by atoms with Gasteiger partial charge in [-0.3, -0.25) is 4.79 Å². The van der Waals surface area contributed by atoms with Crippen LogP contribution < -0.4 is 14.2 Å². The molecule has 1 aromatic heterocycles. The Labute approximate surface area is 178 Å². The number of nitrogens with zero attached hydrogens (tertiary/aromatic N) is 2. The van der Waals surface area contributed by atoms with Crippen LogP contribution in [0.1, 0.15) is 12.5 Å². The Bertz CT molecular complexity index is 1220.